The number of aromatic hydroxyl groups is 1. The molecule has 0 saturated carbocycles. The fourth-order valence-corrected chi connectivity index (χ4v) is 2.13. The van der Waals surface area contributed by atoms with Crippen molar-refractivity contribution in [3.63, 3.8) is 0 Å². The van der Waals surface area contributed by atoms with Crippen LogP contribution in [0.5, 0.6) is 5.75 Å². The maximum atomic E-state index is 11.8. The first-order valence-corrected chi connectivity index (χ1v) is 6.27. The maximum Gasteiger partial charge on any atom is 0.325 e. The normalized spacial score (nSPS) is 18.2. The molecule has 0 radical (unpaired) electrons. The van der Waals surface area contributed by atoms with Crippen molar-refractivity contribution in [1.29, 1.82) is 0 Å². The van der Waals surface area contributed by atoms with E-state index in [1.807, 2.05) is 0 Å². The lowest BCUT2D eigenvalue weighted by atomic mass is 10.1. The Labute approximate surface area is 119 Å². The maximum absolute atomic E-state index is 11.8. The molecule has 2 amide bonds. The lowest BCUT2D eigenvalue weighted by Crippen LogP contribution is -2.28. The van der Waals surface area contributed by atoms with Crippen molar-refractivity contribution in [3.8, 4) is 17.2 Å². The number of carbonyl (C=O) groups excluding carboxylic acids is 2. The zero-order chi connectivity index (χ0) is 15.0. The second-order valence-electron chi connectivity index (χ2n) is 4.74. The van der Waals surface area contributed by atoms with Gasteiger partial charge in [0.1, 0.15) is 5.75 Å². The number of phenols is 1. The van der Waals surface area contributed by atoms with Crippen LogP contribution in [0.4, 0.5) is 6.01 Å². The van der Waals surface area contributed by atoms with Gasteiger partial charge in [-0.25, -0.2) is 0 Å². The molecule has 108 valence electrons. The van der Waals surface area contributed by atoms with Crippen LogP contribution in [-0.4, -0.2) is 33.7 Å². The van der Waals surface area contributed by atoms with Crippen LogP contribution in [0.25, 0.3) is 11.5 Å². The van der Waals surface area contributed by atoms with Crippen molar-refractivity contribution < 1.29 is 19.1 Å². The summed E-state index contributed by atoms with van der Waals surface area (Å²) in [5.74, 6) is -0.997. The second-order valence-corrected chi connectivity index (χ2v) is 4.74. The van der Waals surface area contributed by atoms with E-state index in [9.17, 15) is 14.7 Å². The third-order valence-electron chi connectivity index (χ3n) is 3.29. The van der Waals surface area contributed by atoms with Crippen LogP contribution in [0.15, 0.2) is 28.7 Å². The Morgan fingerprint density at radius 1 is 1.33 bits per heavy atom. The molecule has 0 aliphatic carbocycles. The van der Waals surface area contributed by atoms with E-state index >= 15 is 0 Å². The molecule has 2 aromatic rings. The predicted molar refractivity (Wildman–Crippen MR) is 71.1 cm³/mol. The summed E-state index contributed by atoms with van der Waals surface area (Å²) in [5.41, 5.74) is 5.82. The Kier molecular flexibility index (Phi) is 3.05. The molecule has 2 heterocycles. The van der Waals surface area contributed by atoms with Gasteiger partial charge in [0.25, 0.3) is 0 Å². The number of benzene rings is 1. The molecule has 1 fully saturated rings. The standard InChI is InChI=1S/C13H12N4O4/c14-11(20)8-5-10(19)17(6-8)13-16-15-12(21-13)7-1-3-9(18)4-2-7/h1-4,8,18H,5-6H2,(H2,14,20). The largest absolute Gasteiger partial charge is 0.508 e. The smallest absolute Gasteiger partial charge is 0.325 e. The molecular formula is C13H12N4O4. The zero-order valence-electron chi connectivity index (χ0n) is 10.9. The minimum Gasteiger partial charge on any atom is -0.508 e. The van der Waals surface area contributed by atoms with E-state index in [1.54, 1.807) is 12.1 Å². The van der Waals surface area contributed by atoms with Gasteiger partial charge in [-0.1, -0.05) is 5.10 Å². The quantitative estimate of drug-likeness (QED) is 0.836. The van der Waals surface area contributed by atoms with Crippen LogP contribution in [0.2, 0.25) is 0 Å². The molecular weight excluding hydrogens is 276 g/mol. The lowest BCUT2D eigenvalue weighted by Gasteiger charge is -2.09. The van der Waals surface area contributed by atoms with Crippen molar-refractivity contribution >= 4 is 17.8 Å². The van der Waals surface area contributed by atoms with Crippen LogP contribution < -0.4 is 10.6 Å². The number of primary amides is 1. The minimum atomic E-state index is -0.540. The number of hydrogen-bond donors (Lipinski definition) is 2. The van der Waals surface area contributed by atoms with E-state index in [2.05, 4.69) is 10.2 Å². The average Bonchev–Trinajstić information content (AvgIpc) is 3.06. The Hall–Kier alpha value is -2.90. The van der Waals surface area contributed by atoms with Gasteiger partial charge in [0.2, 0.25) is 17.7 Å². The molecule has 3 N–H and O–H groups in total. The zero-order valence-corrected chi connectivity index (χ0v) is 10.9. The molecule has 8 nitrogen and oxygen atoms in total. The summed E-state index contributed by atoms with van der Waals surface area (Å²) in [6.45, 7) is 0.144. The molecule has 0 spiro atoms. The molecule has 1 aliphatic rings. The van der Waals surface area contributed by atoms with Crippen LogP contribution in [0.3, 0.4) is 0 Å². The summed E-state index contributed by atoms with van der Waals surface area (Å²) in [6, 6.07) is 6.24. The van der Waals surface area contributed by atoms with Gasteiger partial charge in [-0.05, 0) is 24.3 Å². The minimum absolute atomic E-state index is 0.0341. The van der Waals surface area contributed by atoms with Gasteiger partial charge in [-0.3, -0.25) is 14.5 Å². The van der Waals surface area contributed by atoms with E-state index in [0.29, 0.717) is 5.56 Å². The van der Waals surface area contributed by atoms with Gasteiger partial charge in [0, 0.05) is 18.5 Å². The summed E-state index contributed by atoms with van der Waals surface area (Å²) in [5, 5.41) is 16.9. The number of amides is 2. The Morgan fingerprint density at radius 3 is 2.67 bits per heavy atom. The van der Waals surface area contributed by atoms with E-state index in [-0.39, 0.29) is 36.5 Å². The van der Waals surface area contributed by atoms with E-state index in [4.69, 9.17) is 10.2 Å². The van der Waals surface area contributed by atoms with Crippen molar-refractivity contribution in [2.75, 3.05) is 11.4 Å². The first-order chi connectivity index (χ1) is 10.0. The number of hydrogen-bond acceptors (Lipinski definition) is 6. The summed E-state index contributed by atoms with van der Waals surface area (Å²) in [6.07, 6.45) is 0.0479. The monoisotopic (exact) mass is 288 g/mol. The molecule has 1 aromatic heterocycles. The predicted octanol–water partition coefficient (Wildman–Crippen LogP) is 0.280. The van der Waals surface area contributed by atoms with E-state index in [0.717, 1.165) is 0 Å². The van der Waals surface area contributed by atoms with E-state index in [1.165, 1.54) is 17.0 Å². The Balaban J connectivity index is 1.84. The third-order valence-corrected chi connectivity index (χ3v) is 3.29. The highest BCUT2D eigenvalue weighted by atomic mass is 16.4. The summed E-state index contributed by atoms with van der Waals surface area (Å²) in [4.78, 5) is 24.2. The van der Waals surface area contributed by atoms with Crippen LogP contribution in [0.1, 0.15) is 6.42 Å². The number of nitrogens with two attached hydrogens (primary N) is 1. The SMILES string of the molecule is NC(=O)C1CC(=O)N(c2nnc(-c3ccc(O)cc3)o2)C1. The van der Waals surface area contributed by atoms with Gasteiger partial charge in [0.15, 0.2) is 0 Å². The Bertz CT molecular complexity index is 694. The van der Waals surface area contributed by atoms with Gasteiger partial charge in [0.05, 0.1) is 5.92 Å². The average molecular weight is 288 g/mol. The number of anilines is 1. The summed E-state index contributed by atoms with van der Waals surface area (Å²) in [7, 11) is 0. The van der Waals surface area contributed by atoms with Crippen molar-refractivity contribution in [1.82, 2.24) is 10.2 Å². The van der Waals surface area contributed by atoms with Gasteiger partial charge in [-0.2, -0.15) is 0 Å². The topological polar surface area (TPSA) is 123 Å². The highest BCUT2D eigenvalue weighted by Crippen LogP contribution is 2.27. The first kappa shape index (κ1) is 13.1. The first-order valence-electron chi connectivity index (χ1n) is 6.27. The molecule has 1 atom stereocenters. The molecule has 0 bridgehead atoms. The number of nitrogens with zero attached hydrogens (tertiary/aromatic N) is 3. The van der Waals surface area contributed by atoms with Gasteiger partial charge >= 0.3 is 6.01 Å². The fraction of sp³-hybridized carbons (Fsp3) is 0.231. The van der Waals surface area contributed by atoms with Crippen molar-refractivity contribution in [3.05, 3.63) is 24.3 Å². The van der Waals surface area contributed by atoms with Crippen molar-refractivity contribution in [2.45, 2.75) is 6.42 Å². The highest BCUT2D eigenvalue weighted by Gasteiger charge is 2.36. The van der Waals surface area contributed by atoms with Crippen LogP contribution in [-0.2, 0) is 9.59 Å². The van der Waals surface area contributed by atoms with E-state index < -0.39 is 11.8 Å². The van der Waals surface area contributed by atoms with Gasteiger partial charge < -0.3 is 15.3 Å². The summed E-state index contributed by atoms with van der Waals surface area (Å²) < 4.78 is 5.44. The Morgan fingerprint density at radius 2 is 2.05 bits per heavy atom. The number of carbonyl (C=O) groups is 2. The number of phenolic OH excluding ortho intramolecular Hbond substituents is 1. The number of rotatable bonds is 3. The molecule has 21 heavy (non-hydrogen) atoms. The molecule has 1 saturated heterocycles. The summed E-state index contributed by atoms with van der Waals surface area (Å²) >= 11 is 0. The molecule has 3 rings (SSSR count). The molecule has 1 aromatic carbocycles. The fourth-order valence-electron chi connectivity index (χ4n) is 2.13. The lowest BCUT2D eigenvalue weighted by molar-refractivity contribution is -0.123. The highest BCUT2D eigenvalue weighted by molar-refractivity contribution is 5.98. The van der Waals surface area contributed by atoms with Crippen LogP contribution in [0, 0.1) is 5.92 Å². The number of aromatic nitrogens is 2. The van der Waals surface area contributed by atoms with Gasteiger partial charge in [-0.15, -0.1) is 5.10 Å². The molecule has 1 unspecified atom stereocenters. The second kappa shape index (κ2) is 4.89. The third kappa shape index (κ3) is 2.42. The molecule has 1 aliphatic heterocycles. The molecule has 8 heteroatoms. The van der Waals surface area contributed by atoms with Crippen LogP contribution >= 0.6 is 0 Å². The van der Waals surface area contributed by atoms with Crippen molar-refractivity contribution in [2.24, 2.45) is 11.7 Å².